The number of benzene rings is 1. The molecule has 0 aromatic heterocycles. The minimum absolute atomic E-state index is 0. The van der Waals surface area contributed by atoms with E-state index in [0.29, 0.717) is 4.91 Å². The molecule has 0 aliphatic carbocycles. The van der Waals surface area contributed by atoms with Gasteiger partial charge in [-0.2, -0.15) is 0 Å². The molecule has 3 nitrogen and oxygen atoms in total. The lowest BCUT2D eigenvalue weighted by Crippen LogP contribution is -2.13. The van der Waals surface area contributed by atoms with Crippen LogP contribution in [0.4, 0.5) is 5.69 Å². The van der Waals surface area contributed by atoms with Gasteiger partial charge in [0, 0.05) is 13.3 Å². The van der Waals surface area contributed by atoms with Crippen LogP contribution in [0.3, 0.4) is 0 Å². The van der Waals surface area contributed by atoms with E-state index < -0.39 is 0 Å². The molecule has 0 spiro atoms. The molecule has 0 aliphatic rings. The monoisotopic (exact) mass is 224 g/mol. The molecule has 0 bridgehead atoms. The molecule has 0 atom stereocenters. The van der Waals surface area contributed by atoms with Gasteiger partial charge >= 0.3 is 0 Å². The Balaban J connectivity index is 0.00000225. The van der Waals surface area contributed by atoms with Gasteiger partial charge in [0.05, 0.1) is 4.91 Å². The minimum atomic E-state index is -0.172. The van der Waals surface area contributed by atoms with Crippen LogP contribution < -0.4 is 11.1 Å². The Kier molecular flexibility index (Phi) is 4.24. The highest BCUT2D eigenvalue weighted by molar-refractivity contribution is 8.03. The number of hydrogen-bond acceptors (Lipinski definition) is 3. The highest BCUT2D eigenvalue weighted by atomic mass is 32.2. The summed E-state index contributed by atoms with van der Waals surface area (Å²) in [5, 5.41) is 2.76. The number of thioether (sulfide) groups is 1. The second-order valence-corrected chi connectivity index (χ2v) is 3.90. The van der Waals surface area contributed by atoms with Crippen LogP contribution in [0.1, 0.15) is 6.99 Å². The summed E-state index contributed by atoms with van der Waals surface area (Å²) in [6, 6.07) is 7.62. The third-order valence-corrected chi connectivity index (χ3v) is 2.67. The van der Waals surface area contributed by atoms with E-state index in [2.05, 4.69) is 5.32 Å². The van der Waals surface area contributed by atoms with Gasteiger partial charge in [0.2, 0.25) is 0 Å². The maximum atomic E-state index is 11.6. The van der Waals surface area contributed by atoms with Crippen molar-refractivity contribution in [3.8, 4) is 0 Å². The predicted molar refractivity (Wildman–Crippen MR) is 67.7 cm³/mol. The lowest BCUT2D eigenvalue weighted by molar-refractivity contribution is -0.112. The molecule has 82 valence electrons. The highest BCUT2D eigenvalue weighted by Gasteiger charge is 2.07. The first-order valence-corrected chi connectivity index (χ1v) is 5.73. The van der Waals surface area contributed by atoms with Crippen molar-refractivity contribution in [2.45, 2.75) is 6.92 Å². The van der Waals surface area contributed by atoms with Crippen molar-refractivity contribution in [1.29, 1.82) is 0 Å². The average Bonchev–Trinajstić information content (AvgIpc) is 2.23. The Labute approximate surface area is 95.2 Å². The van der Waals surface area contributed by atoms with Crippen molar-refractivity contribution in [2.75, 3.05) is 11.6 Å². The van der Waals surface area contributed by atoms with Gasteiger partial charge in [-0.25, -0.2) is 0 Å². The van der Waals surface area contributed by atoms with E-state index in [-0.39, 0.29) is 7.33 Å². The molecule has 1 aromatic carbocycles. The summed E-state index contributed by atoms with van der Waals surface area (Å²) in [6.45, 7) is 2.00. The highest BCUT2D eigenvalue weighted by Crippen LogP contribution is 2.14. The van der Waals surface area contributed by atoms with Gasteiger partial charge < -0.3 is 11.1 Å². The molecule has 4 heteroatoms. The third kappa shape index (κ3) is 3.32. The van der Waals surface area contributed by atoms with Crippen LogP contribution in [0.5, 0.6) is 0 Å². The summed E-state index contributed by atoms with van der Waals surface area (Å²) in [5.74, 6) is -0.172. The number of carbonyl (C=O) groups is 1. The van der Waals surface area contributed by atoms with Gasteiger partial charge in [0.25, 0.3) is 5.91 Å². The molecule has 0 saturated heterocycles. The second-order valence-electron chi connectivity index (χ2n) is 3.06. The summed E-state index contributed by atoms with van der Waals surface area (Å²) in [5.41, 5.74) is 7.25. The van der Waals surface area contributed by atoms with Crippen molar-refractivity contribution in [1.82, 2.24) is 0 Å². The van der Waals surface area contributed by atoms with Crippen LogP contribution in [0, 0.1) is 6.92 Å². The second kappa shape index (κ2) is 5.46. The standard InChI is InChI=1S/C11H14N2OS.H2/c1-8-3-5-9(6-4-8)13-11(14)10(7-12)15-2;/h3-7H,12H2,1-2H3,(H,13,14);1H/b10-7-;. The van der Waals surface area contributed by atoms with Crippen LogP contribution in [0.2, 0.25) is 0 Å². The molecule has 0 heterocycles. The number of aryl methyl sites for hydroxylation is 1. The van der Waals surface area contributed by atoms with Gasteiger partial charge in [-0.05, 0) is 25.3 Å². The van der Waals surface area contributed by atoms with E-state index in [4.69, 9.17) is 5.73 Å². The smallest absolute Gasteiger partial charge is 0.263 e. The van der Waals surface area contributed by atoms with Gasteiger partial charge in [-0.3, -0.25) is 4.79 Å². The third-order valence-electron chi connectivity index (χ3n) is 1.90. The Morgan fingerprint density at radius 3 is 2.53 bits per heavy atom. The molecule has 0 fully saturated rings. The van der Waals surface area contributed by atoms with Crippen molar-refractivity contribution in [2.24, 2.45) is 5.73 Å². The summed E-state index contributed by atoms with van der Waals surface area (Å²) in [4.78, 5) is 12.1. The number of nitrogens with two attached hydrogens (primary N) is 1. The molecule has 1 amide bonds. The number of carbonyl (C=O) groups excluding carboxylic acids is 1. The Bertz CT molecular complexity index is 376. The number of nitrogens with one attached hydrogen (secondary N) is 1. The summed E-state index contributed by atoms with van der Waals surface area (Å²) in [6.07, 6.45) is 3.13. The topological polar surface area (TPSA) is 55.1 Å². The SMILES string of the molecule is CS/C(=C\N)C(=O)Nc1ccc(C)cc1.[HH]. The van der Waals surface area contributed by atoms with Crippen LogP contribution in [-0.4, -0.2) is 12.2 Å². The lowest BCUT2D eigenvalue weighted by Gasteiger charge is -2.06. The van der Waals surface area contributed by atoms with E-state index in [1.54, 1.807) is 0 Å². The first kappa shape index (κ1) is 11.7. The Morgan fingerprint density at radius 1 is 1.47 bits per heavy atom. The van der Waals surface area contributed by atoms with E-state index in [1.165, 1.54) is 18.0 Å². The first-order valence-electron chi connectivity index (χ1n) is 4.51. The van der Waals surface area contributed by atoms with Crippen LogP contribution >= 0.6 is 11.8 Å². The normalized spacial score (nSPS) is 11.2. The summed E-state index contributed by atoms with van der Waals surface area (Å²) >= 11 is 1.32. The zero-order chi connectivity index (χ0) is 11.3. The molecule has 3 N–H and O–H groups in total. The molecule has 0 aliphatic heterocycles. The zero-order valence-corrected chi connectivity index (χ0v) is 9.60. The predicted octanol–water partition coefficient (Wildman–Crippen LogP) is 2.34. The van der Waals surface area contributed by atoms with Crippen LogP contribution in [0.15, 0.2) is 35.4 Å². The largest absolute Gasteiger partial charge is 0.404 e. The fourth-order valence-electron chi connectivity index (χ4n) is 1.07. The molecule has 15 heavy (non-hydrogen) atoms. The lowest BCUT2D eigenvalue weighted by atomic mass is 10.2. The van der Waals surface area contributed by atoms with Crippen molar-refractivity contribution in [3.63, 3.8) is 0 Å². The summed E-state index contributed by atoms with van der Waals surface area (Å²) < 4.78 is 0. The fraction of sp³-hybridized carbons (Fsp3) is 0.182. The quantitative estimate of drug-likeness (QED) is 0.775. The number of rotatable bonds is 3. The Morgan fingerprint density at radius 2 is 2.07 bits per heavy atom. The first-order chi connectivity index (χ1) is 7.17. The van der Waals surface area contributed by atoms with Gasteiger partial charge in [0.15, 0.2) is 0 Å². The molecule has 0 radical (unpaired) electrons. The van der Waals surface area contributed by atoms with Crippen molar-refractivity contribution >= 4 is 23.4 Å². The van der Waals surface area contributed by atoms with E-state index in [1.807, 2.05) is 37.4 Å². The molecular formula is C11H16N2OS. The van der Waals surface area contributed by atoms with E-state index >= 15 is 0 Å². The van der Waals surface area contributed by atoms with Crippen molar-refractivity contribution < 1.29 is 6.22 Å². The van der Waals surface area contributed by atoms with Gasteiger partial charge in [-0.15, -0.1) is 11.8 Å². The molecule has 1 rings (SSSR count). The average molecular weight is 224 g/mol. The maximum absolute atomic E-state index is 11.6. The summed E-state index contributed by atoms with van der Waals surface area (Å²) in [7, 11) is 0. The number of anilines is 1. The number of amides is 1. The molecule has 0 saturated carbocycles. The molecular weight excluding hydrogens is 208 g/mol. The van der Waals surface area contributed by atoms with Gasteiger partial charge in [0.1, 0.15) is 0 Å². The van der Waals surface area contributed by atoms with E-state index in [9.17, 15) is 4.79 Å². The van der Waals surface area contributed by atoms with Crippen LogP contribution in [0.25, 0.3) is 0 Å². The van der Waals surface area contributed by atoms with Crippen LogP contribution in [-0.2, 0) is 4.79 Å². The van der Waals surface area contributed by atoms with E-state index in [0.717, 1.165) is 11.3 Å². The number of hydrogen-bond donors (Lipinski definition) is 2. The zero-order valence-electron chi connectivity index (χ0n) is 8.78. The Hall–Kier alpha value is -1.42. The molecule has 0 unspecified atom stereocenters. The minimum Gasteiger partial charge on any atom is -0.404 e. The fourth-order valence-corrected chi connectivity index (χ4v) is 1.44. The van der Waals surface area contributed by atoms with Crippen molar-refractivity contribution in [3.05, 3.63) is 40.9 Å². The van der Waals surface area contributed by atoms with Gasteiger partial charge in [-0.1, -0.05) is 17.7 Å². The molecule has 1 aromatic rings. The maximum Gasteiger partial charge on any atom is 0.263 e.